The molecule has 0 aliphatic heterocycles. The molecule has 1 heterocycles. The van der Waals surface area contributed by atoms with Crippen LogP contribution in [0.3, 0.4) is 0 Å². The van der Waals surface area contributed by atoms with Crippen molar-refractivity contribution in [1.29, 1.82) is 0 Å². The Balaban J connectivity index is 1.69. The Morgan fingerprint density at radius 1 is 1.20 bits per heavy atom. The molecule has 4 aliphatic carbocycles. The second kappa shape index (κ2) is 4.37. The van der Waals surface area contributed by atoms with E-state index in [0.29, 0.717) is 5.92 Å². The van der Waals surface area contributed by atoms with Crippen LogP contribution in [0.1, 0.15) is 49.3 Å². The maximum atomic E-state index is 11.1. The molecule has 4 saturated carbocycles. The number of carboxylic acid groups (broad SMARTS) is 1. The Morgan fingerprint density at radius 3 is 2.35 bits per heavy atom. The summed E-state index contributed by atoms with van der Waals surface area (Å²) in [5.41, 5.74) is 2.51. The Hall–Kier alpha value is -1.25. The van der Waals surface area contributed by atoms with Gasteiger partial charge in [0, 0.05) is 17.8 Å². The van der Waals surface area contributed by atoms with E-state index in [1.807, 2.05) is 10.8 Å². The van der Waals surface area contributed by atoms with Crippen LogP contribution in [0.25, 0.3) is 0 Å². The van der Waals surface area contributed by atoms with Gasteiger partial charge in [-0.05, 0) is 74.3 Å². The zero-order valence-corrected chi connectivity index (χ0v) is 12.1. The molecule has 20 heavy (non-hydrogen) atoms. The monoisotopic (exact) mass is 273 g/mol. The van der Waals surface area contributed by atoms with Crippen LogP contribution >= 0.6 is 0 Å². The van der Waals surface area contributed by atoms with E-state index in [1.54, 1.807) is 0 Å². The SMILES string of the molecule is Cc1cc(C2C3CC4CC(C3)CC2C4)n(CC(=O)O)c1. The van der Waals surface area contributed by atoms with E-state index < -0.39 is 5.97 Å². The molecule has 0 saturated heterocycles. The maximum Gasteiger partial charge on any atom is 0.323 e. The van der Waals surface area contributed by atoms with Crippen molar-refractivity contribution in [2.45, 2.75) is 51.5 Å². The van der Waals surface area contributed by atoms with Gasteiger partial charge < -0.3 is 9.67 Å². The highest BCUT2D eigenvalue weighted by Gasteiger charge is 2.49. The molecular weight excluding hydrogens is 250 g/mol. The van der Waals surface area contributed by atoms with Crippen molar-refractivity contribution in [2.24, 2.45) is 23.7 Å². The fourth-order valence-corrected chi connectivity index (χ4v) is 5.65. The first kappa shape index (κ1) is 12.5. The standard InChI is InChI=1S/C17H23NO2/c1-10-2-15(18(8-10)9-16(19)20)17-13-4-11-3-12(6-13)7-14(17)5-11/h2,8,11-14,17H,3-7,9H2,1H3,(H,19,20). The van der Waals surface area contributed by atoms with E-state index in [1.165, 1.54) is 43.4 Å². The van der Waals surface area contributed by atoms with Crippen LogP contribution in [0.15, 0.2) is 12.3 Å². The third-order valence-corrected chi connectivity index (χ3v) is 5.94. The van der Waals surface area contributed by atoms with Crippen molar-refractivity contribution in [2.75, 3.05) is 0 Å². The van der Waals surface area contributed by atoms with Crippen LogP contribution in [0.4, 0.5) is 0 Å². The fourth-order valence-electron chi connectivity index (χ4n) is 5.65. The molecule has 3 nitrogen and oxygen atoms in total. The molecule has 0 unspecified atom stereocenters. The van der Waals surface area contributed by atoms with Gasteiger partial charge in [0.05, 0.1) is 0 Å². The number of aromatic nitrogens is 1. The number of aliphatic carboxylic acids is 1. The molecule has 0 aromatic carbocycles. The fraction of sp³-hybridized carbons (Fsp3) is 0.706. The Labute approximate surface area is 120 Å². The van der Waals surface area contributed by atoms with E-state index in [0.717, 1.165) is 23.7 Å². The summed E-state index contributed by atoms with van der Waals surface area (Å²) in [5, 5.41) is 9.13. The number of hydrogen-bond donors (Lipinski definition) is 1. The largest absolute Gasteiger partial charge is 0.480 e. The summed E-state index contributed by atoms with van der Waals surface area (Å²) >= 11 is 0. The molecule has 0 radical (unpaired) electrons. The summed E-state index contributed by atoms with van der Waals surface area (Å²) in [6.45, 7) is 2.20. The minimum absolute atomic E-state index is 0.117. The second-order valence-electron chi connectivity index (χ2n) is 7.42. The lowest BCUT2D eigenvalue weighted by atomic mass is 9.51. The molecule has 108 valence electrons. The molecule has 0 spiro atoms. The first-order valence-electron chi connectivity index (χ1n) is 7.98. The highest BCUT2D eigenvalue weighted by molar-refractivity contribution is 5.66. The third kappa shape index (κ3) is 1.90. The van der Waals surface area contributed by atoms with Gasteiger partial charge in [-0.2, -0.15) is 0 Å². The quantitative estimate of drug-likeness (QED) is 0.917. The van der Waals surface area contributed by atoms with E-state index >= 15 is 0 Å². The summed E-state index contributed by atoms with van der Waals surface area (Å²) < 4.78 is 2.00. The normalized spacial score (nSPS) is 38.4. The lowest BCUT2D eigenvalue weighted by Gasteiger charge is -2.54. The Bertz CT molecular complexity index is 517. The molecule has 1 aromatic heterocycles. The van der Waals surface area contributed by atoms with Crippen molar-refractivity contribution in [3.05, 3.63) is 23.5 Å². The minimum atomic E-state index is -0.731. The first-order chi connectivity index (χ1) is 9.60. The number of nitrogens with zero attached hydrogens (tertiary/aromatic N) is 1. The minimum Gasteiger partial charge on any atom is -0.480 e. The van der Waals surface area contributed by atoms with Crippen molar-refractivity contribution >= 4 is 5.97 Å². The lowest BCUT2D eigenvalue weighted by molar-refractivity contribution is -0.137. The van der Waals surface area contributed by atoms with Gasteiger partial charge in [0.15, 0.2) is 0 Å². The zero-order valence-electron chi connectivity index (χ0n) is 12.1. The number of carbonyl (C=O) groups is 1. The number of aryl methyl sites for hydroxylation is 1. The molecule has 4 bridgehead atoms. The predicted molar refractivity (Wildman–Crippen MR) is 76.6 cm³/mol. The van der Waals surface area contributed by atoms with E-state index in [4.69, 9.17) is 5.11 Å². The van der Waals surface area contributed by atoms with Crippen LogP contribution in [-0.2, 0) is 11.3 Å². The van der Waals surface area contributed by atoms with E-state index in [2.05, 4.69) is 13.0 Å². The summed E-state index contributed by atoms with van der Waals surface area (Å²) in [7, 11) is 0. The molecule has 4 fully saturated rings. The van der Waals surface area contributed by atoms with Crippen molar-refractivity contribution in [1.82, 2.24) is 4.57 Å². The van der Waals surface area contributed by atoms with Gasteiger partial charge in [0.25, 0.3) is 0 Å². The van der Waals surface area contributed by atoms with Gasteiger partial charge in [0.1, 0.15) is 6.54 Å². The molecule has 5 rings (SSSR count). The summed E-state index contributed by atoms with van der Waals surface area (Å²) in [4.78, 5) is 11.1. The number of hydrogen-bond acceptors (Lipinski definition) is 1. The Morgan fingerprint density at radius 2 is 1.80 bits per heavy atom. The van der Waals surface area contributed by atoms with Gasteiger partial charge in [0.2, 0.25) is 0 Å². The molecular formula is C17H23NO2. The van der Waals surface area contributed by atoms with Crippen LogP contribution < -0.4 is 0 Å². The molecule has 3 heteroatoms. The third-order valence-electron chi connectivity index (χ3n) is 5.94. The molecule has 0 amide bonds. The Kier molecular flexibility index (Phi) is 2.73. The summed E-state index contributed by atoms with van der Waals surface area (Å²) in [6, 6.07) is 2.25. The van der Waals surface area contributed by atoms with Gasteiger partial charge in [-0.1, -0.05) is 0 Å². The average molecular weight is 273 g/mol. The van der Waals surface area contributed by atoms with Crippen molar-refractivity contribution < 1.29 is 9.90 Å². The van der Waals surface area contributed by atoms with E-state index in [-0.39, 0.29) is 6.54 Å². The first-order valence-corrected chi connectivity index (χ1v) is 7.98. The zero-order chi connectivity index (χ0) is 13.9. The van der Waals surface area contributed by atoms with Crippen LogP contribution in [-0.4, -0.2) is 15.6 Å². The lowest BCUT2D eigenvalue weighted by Crippen LogP contribution is -2.44. The van der Waals surface area contributed by atoms with Crippen LogP contribution in [0.2, 0.25) is 0 Å². The summed E-state index contributed by atoms with van der Waals surface area (Å²) in [6.07, 6.45) is 9.03. The molecule has 4 aliphatic rings. The predicted octanol–water partition coefficient (Wildman–Crippen LogP) is 3.42. The van der Waals surface area contributed by atoms with Gasteiger partial charge in [-0.15, -0.1) is 0 Å². The average Bonchev–Trinajstić information content (AvgIpc) is 2.67. The summed E-state index contributed by atoms with van der Waals surface area (Å²) in [5.74, 6) is 3.46. The van der Waals surface area contributed by atoms with E-state index in [9.17, 15) is 4.79 Å². The molecule has 0 atom stereocenters. The second-order valence-corrected chi connectivity index (χ2v) is 7.42. The maximum absolute atomic E-state index is 11.1. The number of rotatable bonds is 3. The molecule has 1 N–H and O–H groups in total. The van der Waals surface area contributed by atoms with Crippen molar-refractivity contribution in [3.8, 4) is 0 Å². The van der Waals surface area contributed by atoms with Gasteiger partial charge in [-0.3, -0.25) is 4.79 Å². The smallest absolute Gasteiger partial charge is 0.323 e. The van der Waals surface area contributed by atoms with Crippen molar-refractivity contribution in [3.63, 3.8) is 0 Å². The van der Waals surface area contributed by atoms with Gasteiger partial charge >= 0.3 is 5.97 Å². The van der Waals surface area contributed by atoms with Crippen LogP contribution in [0, 0.1) is 30.6 Å². The van der Waals surface area contributed by atoms with Crippen LogP contribution in [0.5, 0.6) is 0 Å². The molecule has 1 aromatic rings. The topological polar surface area (TPSA) is 42.2 Å². The van der Waals surface area contributed by atoms with Gasteiger partial charge in [-0.25, -0.2) is 0 Å². The highest BCUT2D eigenvalue weighted by atomic mass is 16.4. The highest BCUT2D eigenvalue weighted by Crippen LogP contribution is 2.59. The number of carboxylic acids is 1.